The van der Waals surface area contributed by atoms with Crippen LogP contribution in [0.1, 0.15) is 17.0 Å². The fourth-order valence-electron chi connectivity index (χ4n) is 1.89. The quantitative estimate of drug-likeness (QED) is 0.658. The van der Waals surface area contributed by atoms with E-state index < -0.39 is 0 Å². The lowest BCUT2D eigenvalue weighted by Gasteiger charge is -2.11. The highest BCUT2D eigenvalue weighted by Gasteiger charge is 2.04. The molecule has 0 bridgehead atoms. The number of aryl methyl sites for hydroxylation is 1. The average Bonchev–Trinajstić information content (AvgIpc) is 2.38. The van der Waals surface area contributed by atoms with Crippen LogP contribution in [0, 0.1) is 6.92 Å². The third-order valence-corrected chi connectivity index (χ3v) is 2.77. The van der Waals surface area contributed by atoms with Crippen LogP contribution in [0.5, 0.6) is 5.75 Å². The molecule has 3 heteroatoms. The van der Waals surface area contributed by atoms with Crippen molar-refractivity contribution in [3.63, 3.8) is 0 Å². The van der Waals surface area contributed by atoms with Crippen LogP contribution in [0.25, 0.3) is 0 Å². The molecule has 0 fully saturated rings. The minimum Gasteiger partial charge on any atom is -0.487 e. The zero-order chi connectivity index (χ0) is 13.7. The van der Waals surface area contributed by atoms with Gasteiger partial charge in [-0.2, -0.15) is 0 Å². The third kappa shape index (κ3) is 3.58. The minimum absolute atomic E-state index is 0.454. The molecule has 19 heavy (non-hydrogen) atoms. The molecule has 2 rings (SSSR count). The monoisotopic (exact) mass is 254 g/mol. The van der Waals surface area contributed by atoms with Crippen LogP contribution >= 0.6 is 0 Å². The standard InChI is InChI=1S/C16H18N2O/c1-3-5-13-10-14(17)8-9-16(13)19-11-15-7-4-6-12(2)18-15/h3-4,6-10H,1,5,11,17H2,2H3. The molecule has 0 spiro atoms. The molecular formula is C16H18N2O. The van der Waals surface area contributed by atoms with Gasteiger partial charge in [-0.05, 0) is 49.2 Å². The van der Waals surface area contributed by atoms with Crippen molar-refractivity contribution < 1.29 is 4.74 Å². The number of nitrogen functional groups attached to an aromatic ring is 1. The second kappa shape index (κ2) is 6.05. The van der Waals surface area contributed by atoms with Crippen molar-refractivity contribution in [2.75, 3.05) is 5.73 Å². The molecule has 2 N–H and O–H groups in total. The third-order valence-electron chi connectivity index (χ3n) is 2.77. The fourth-order valence-corrected chi connectivity index (χ4v) is 1.89. The summed E-state index contributed by atoms with van der Waals surface area (Å²) in [6, 6.07) is 11.6. The summed E-state index contributed by atoms with van der Waals surface area (Å²) in [6.07, 6.45) is 2.58. The molecule has 2 aromatic rings. The smallest absolute Gasteiger partial charge is 0.130 e. The van der Waals surface area contributed by atoms with Crippen LogP contribution in [0.2, 0.25) is 0 Å². The first-order chi connectivity index (χ1) is 9.19. The van der Waals surface area contributed by atoms with Gasteiger partial charge in [0, 0.05) is 11.4 Å². The summed E-state index contributed by atoms with van der Waals surface area (Å²) in [5, 5.41) is 0. The highest BCUT2D eigenvalue weighted by Crippen LogP contribution is 2.23. The zero-order valence-corrected chi connectivity index (χ0v) is 11.1. The molecule has 0 radical (unpaired) electrons. The van der Waals surface area contributed by atoms with Crippen LogP contribution in [0.15, 0.2) is 49.1 Å². The van der Waals surface area contributed by atoms with Crippen molar-refractivity contribution in [3.8, 4) is 5.75 Å². The Morgan fingerprint density at radius 1 is 1.32 bits per heavy atom. The van der Waals surface area contributed by atoms with E-state index >= 15 is 0 Å². The SMILES string of the molecule is C=CCc1cc(N)ccc1OCc1cccc(C)n1. The van der Waals surface area contributed by atoms with Crippen LogP contribution in [0.4, 0.5) is 5.69 Å². The van der Waals surface area contributed by atoms with Gasteiger partial charge in [0.2, 0.25) is 0 Å². The van der Waals surface area contributed by atoms with E-state index in [9.17, 15) is 0 Å². The maximum absolute atomic E-state index is 5.82. The number of nitrogens with zero attached hydrogens (tertiary/aromatic N) is 1. The molecule has 0 aliphatic carbocycles. The average molecular weight is 254 g/mol. The van der Waals surface area contributed by atoms with Gasteiger partial charge in [-0.3, -0.25) is 4.98 Å². The zero-order valence-electron chi connectivity index (χ0n) is 11.1. The fraction of sp³-hybridized carbons (Fsp3) is 0.188. The van der Waals surface area contributed by atoms with Gasteiger partial charge in [0.05, 0.1) is 5.69 Å². The van der Waals surface area contributed by atoms with E-state index in [1.165, 1.54) is 0 Å². The summed E-state index contributed by atoms with van der Waals surface area (Å²) < 4.78 is 5.82. The van der Waals surface area contributed by atoms with Crippen LogP contribution in [-0.2, 0) is 13.0 Å². The maximum Gasteiger partial charge on any atom is 0.130 e. The number of hydrogen-bond acceptors (Lipinski definition) is 3. The van der Waals surface area contributed by atoms with E-state index in [-0.39, 0.29) is 0 Å². The van der Waals surface area contributed by atoms with Gasteiger partial charge >= 0.3 is 0 Å². The Morgan fingerprint density at radius 2 is 2.16 bits per heavy atom. The van der Waals surface area contributed by atoms with Gasteiger partial charge in [-0.15, -0.1) is 6.58 Å². The summed E-state index contributed by atoms with van der Waals surface area (Å²) in [6.45, 7) is 6.17. The number of benzene rings is 1. The predicted molar refractivity (Wildman–Crippen MR) is 78.1 cm³/mol. The van der Waals surface area contributed by atoms with Gasteiger partial charge in [-0.1, -0.05) is 12.1 Å². The molecule has 98 valence electrons. The number of hydrogen-bond donors (Lipinski definition) is 1. The molecule has 0 saturated carbocycles. The summed E-state index contributed by atoms with van der Waals surface area (Å²) in [4.78, 5) is 4.41. The van der Waals surface area contributed by atoms with Crippen molar-refractivity contribution in [1.82, 2.24) is 4.98 Å². The topological polar surface area (TPSA) is 48.1 Å². The second-order valence-corrected chi connectivity index (χ2v) is 4.42. The van der Waals surface area contributed by atoms with Crippen molar-refractivity contribution in [1.29, 1.82) is 0 Å². The molecule has 0 unspecified atom stereocenters. The number of ether oxygens (including phenoxy) is 1. The number of rotatable bonds is 5. The van der Waals surface area contributed by atoms with E-state index in [0.717, 1.165) is 34.8 Å². The molecular weight excluding hydrogens is 236 g/mol. The van der Waals surface area contributed by atoms with E-state index in [1.54, 1.807) is 0 Å². The van der Waals surface area contributed by atoms with Gasteiger partial charge in [0.1, 0.15) is 12.4 Å². The molecule has 1 aromatic heterocycles. The van der Waals surface area contributed by atoms with E-state index in [1.807, 2.05) is 49.4 Å². The van der Waals surface area contributed by atoms with Gasteiger partial charge in [0.15, 0.2) is 0 Å². The first kappa shape index (κ1) is 13.1. The highest BCUT2D eigenvalue weighted by molar-refractivity contribution is 5.48. The molecule has 1 heterocycles. The van der Waals surface area contributed by atoms with Crippen molar-refractivity contribution in [2.45, 2.75) is 20.0 Å². The number of allylic oxidation sites excluding steroid dienone is 1. The predicted octanol–water partition coefficient (Wildman–Crippen LogP) is 3.28. The summed E-state index contributed by atoms with van der Waals surface area (Å²) in [5.74, 6) is 0.831. The summed E-state index contributed by atoms with van der Waals surface area (Å²) >= 11 is 0. The molecule has 3 nitrogen and oxygen atoms in total. The van der Waals surface area contributed by atoms with Crippen LogP contribution in [0.3, 0.4) is 0 Å². The van der Waals surface area contributed by atoms with Gasteiger partial charge in [0.25, 0.3) is 0 Å². The van der Waals surface area contributed by atoms with Crippen molar-refractivity contribution in [2.24, 2.45) is 0 Å². The van der Waals surface area contributed by atoms with Crippen LogP contribution in [-0.4, -0.2) is 4.98 Å². The Balaban J connectivity index is 2.12. The van der Waals surface area contributed by atoms with Gasteiger partial charge in [-0.25, -0.2) is 0 Å². The molecule has 0 amide bonds. The Labute approximate surface area is 113 Å². The molecule has 0 aliphatic heterocycles. The maximum atomic E-state index is 5.82. The number of anilines is 1. The number of pyridine rings is 1. The molecule has 0 aliphatic rings. The molecule has 0 saturated heterocycles. The highest BCUT2D eigenvalue weighted by atomic mass is 16.5. The lowest BCUT2D eigenvalue weighted by Crippen LogP contribution is -2.01. The number of aromatic nitrogens is 1. The Kier molecular flexibility index (Phi) is 4.18. The number of nitrogens with two attached hydrogens (primary N) is 1. The van der Waals surface area contributed by atoms with Crippen LogP contribution < -0.4 is 10.5 Å². The first-order valence-corrected chi connectivity index (χ1v) is 6.23. The van der Waals surface area contributed by atoms with E-state index in [4.69, 9.17) is 10.5 Å². The lowest BCUT2D eigenvalue weighted by atomic mass is 10.1. The first-order valence-electron chi connectivity index (χ1n) is 6.23. The van der Waals surface area contributed by atoms with Crippen molar-refractivity contribution >= 4 is 5.69 Å². The second-order valence-electron chi connectivity index (χ2n) is 4.42. The molecule has 0 atom stereocenters. The normalized spacial score (nSPS) is 10.2. The van der Waals surface area contributed by atoms with Crippen molar-refractivity contribution in [3.05, 3.63) is 66.0 Å². The van der Waals surface area contributed by atoms with E-state index in [2.05, 4.69) is 11.6 Å². The lowest BCUT2D eigenvalue weighted by molar-refractivity contribution is 0.298. The summed E-state index contributed by atoms with van der Waals surface area (Å²) in [5.41, 5.74) is 9.47. The summed E-state index contributed by atoms with van der Waals surface area (Å²) in [7, 11) is 0. The molecule has 1 aromatic carbocycles. The minimum atomic E-state index is 0.454. The van der Waals surface area contributed by atoms with Gasteiger partial charge < -0.3 is 10.5 Å². The largest absolute Gasteiger partial charge is 0.487 e. The Bertz CT molecular complexity index is 579. The van der Waals surface area contributed by atoms with E-state index in [0.29, 0.717) is 6.61 Å². The Morgan fingerprint density at radius 3 is 2.89 bits per heavy atom. The Hall–Kier alpha value is -2.29.